The molecule has 0 aromatic heterocycles. The van der Waals surface area contributed by atoms with E-state index in [1.807, 2.05) is 0 Å². The summed E-state index contributed by atoms with van der Waals surface area (Å²) >= 11 is 0. The van der Waals surface area contributed by atoms with Crippen LogP contribution in [0.15, 0.2) is 0 Å². The molecule has 134 valence electrons. The minimum absolute atomic E-state index is 0.0891. The SMILES string of the molecule is CCCCCOC(=O)[C@H]1CC[C@H]([C@H]2CC[C@H](CCC)CC2)CC1. The van der Waals surface area contributed by atoms with Crippen molar-refractivity contribution in [1.29, 1.82) is 0 Å². The van der Waals surface area contributed by atoms with E-state index < -0.39 is 0 Å². The summed E-state index contributed by atoms with van der Waals surface area (Å²) in [4.78, 5) is 12.1. The molecule has 0 atom stereocenters. The Hall–Kier alpha value is -0.530. The maximum Gasteiger partial charge on any atom is 0.308 e. The standard InChI is InChI=1S/C21H38O2/c1-3-5-6-16-23-21(22)20-14-12-19(13-15-20)18-10-8-17(7-4-2)9-11-18/h17-20H,3-16H2,1-2H3/t17-,18-,19-,20-. The van der Waals surface area contributed by atoms with Crippen molar-refractivity contribution in [3.05, 3.63) is 0 Å². The Morgan fingerprint density at radius 2 is 1.43 bits per heavy atom. The second-order valence-corrected chi connectivity index (χ2v) is 8.06. The Labute approximate surface area is 143 Å². The predicted molar refractivity (Wildman–Crippen MR) is 96.3 cm³/mol. The van der Waals surface area contributed by atoms with Gasteiger partial charge in [0.1, 0.15) is 0 Å². The lowest BCUT2D eigenvalue weighted by molar-refractivity contribution is -0.150. The van der Waals surface area contributed by atoms with Gasteiger partial charge in [0.25, 0.3) is 0 Å². The van der Waals surface area contributed by atoms with Crippen LogP contribution in [0.4, 0.5) is 0 Å². The summed E-state index contributed by atoms with van der Waals surface area (Å²) in [5.74, 6) is 3.13. The van der Waals surface area contributed by atoms with Gasteiger partial charge in [-0.2, -0.15) is 0 Å². The fraction of sp³-hybridized carbons (Fsp3) is 0.952. The van der Waals surface area contributed by atoms with Gasteiger partial charge in [0.2, 0.25) is 0 Å². The lowest BCUT2D eigenvalue weighted by Gasteiger charge is -2.37. The molecule has 2 nitrogen and oxygen atoms in total. The summed E-state index contributed by atoms with van der Waals surface area (Å²) in [7, 11) is 0. The molecule has 0 heterocycles. The van der Waals surface area contributed by atoms with Crippen LogP contribution in [0.5, 0.6) is 0 Å². The minimum atomic E-state index is 0.0891. The van der Waals surface area contributed by atoms with Crippen LogP contribution in [0.25, 0.3) is 0 Å². The van der Waals surface area contributed by atoms with Crippen LogP contribution in [-0.2, 0) is 9.53 Å². The molecule has 0 aliphatic heterocycles. The molecule has 23 heavy (non-hydrogen) atoms. The number of hydrogen-bond acceptors (Lipinski definition) is 2. The molecule has 2 saturated carbocycles. The van der Waals surface area contributed by atoms with Crippen LogP contribution in [0.3, 0.4) is 0 Å². The topological polar surface area (TPSA) is 26.3 Å². The first-order valence-electron chi connectivity index (χ1n) is 10.4. The Balaban J connectivity index is 1.63. The van der Waals surface area contributed by atoms with Gasteiger partial charge in [0.15, 0.2) is 0 Å². The fourth-order valence-electron chi connectivity index (χ4n) is 4.83. The average Bonchev–Trinajstić information content (AvgIpc) is 2.60. The highest BCUT2D eigenvalue weighted by Gasteiger charge is 2.33. The molecule has 0 radical (unpaired) electrons. The van der Waals surface area contributed by atoms with Gasteiger partial charge >= 0.3 is 5.97 Å². The summed E-state index contributed by atoms with van der Waals surface area (Å²) in [6.45, 7) is 5.13. The maximum absolute atomic E-state index is 12.1. The molecule has 2 aliphatic carbocycles. The van der Waals surface area contributed by atoms with Crippen molar-refractivity contribution >= 4 is 5.97 Å². The third-order valence-electron chi connectivity index (χ3n) is 6.35. The Morgan fingerprint density at radius 3 is 2.00 bits per heavy atom. The Kier molecular flexibility index (Phi) is 8.47. The molecule has 2 fully saturated rings. The van der Waals surface area contributed by atoms with Crippen LogP contribution in [-0.4, -0.2) is 12.6 Å². The number of unbranched alkanes of at least 4 members (excludes halogenated alkanes) is 2. The van der Waals surface area contributed by atoms with Gasteiger partial charge in [0.05, 0.1) is 12.5 Å². The monoisotopic (exact) mass is 322 g/mol. The molecule has 2 rings (SSSR count). The normalized spacial score (nSPS) is 31.7. The van der Waals surface area contributed by atoms with Crippen molar-refractivity contribution in [2.24, 2.45) is 23.7 Å². The summed E-state index contributed by atoms with van der Waals surface area (Å²) < 4.78 is 5.47. The van der Waals surface area contributed by atoms with Crippen LogP contribution in [0.1, 0.15) is 97.3 Å². The zero-order valence-electron chi connectivity index (χ0n) is 15.5. The molecule has 2 aliphatic rings. The van der Waals surface area contributed by atoms with E-state index in [0.29, 0.717) is 6.61 Å². The highest BCUT2D eigenvalue weighted by molar-refractivity contribution is 5.72. The third-order valence-corrected chi connectivity index (χ3v) is 6.35. The largest absolute Gasteiger partial charge is 0.465 e. The summed E-state index contributed by atoms with van der Waals surface area (Å²) in [5, 5.41) is 0. The first kappa shape index (κ1) is 18.8. The van der Waals surface area contributed by atoms with Gasteiger partial charge in [-0.3, -0.25) is 4.79 Å². The van der Waals surface area contributed by atoms with Gasteiger partial charge in [-0.05, 0) is 62.7 Å². The molecule has 0 saturated heterocycles. The van der Waals surface area contributed by atoms with Crippen molar-refractivity contribution in [2.45, 2.75) is 97.3 Å². The van der Waals surface area contributed by atoms with Crippen molar-refractivity contribution in [2.75, 3.05) is 6.61 Å². The molecular formula is C21H38O2. The van der Waals surface area contributed by atoms with E-state index in [1.165, 1.54) is 64.2 Å². The van der Waals surface area contributed by atoms with Crippen molar-refractivity contribution in [3.63, 3.8) is 0 Å². The summed E-state index contributed by atoms with van der Waals surface area (Å²) in [5.41, 5.74) is 0. The predicted octanol–water partition coefficient (Wildman–Crippen LogP) is 6.13. The number of ether oxygens (including phenoxy) is 1. The molecule has 0 unspecified atom stereocenters. The van der Waals surface area contributed by atoms with Gasteiger partial charge in [-0.15, -0.1) is 0 Å². The zero-order chi connectivity index (χ0) is 16.5. The fourth-order valence-corrected chi connectivity index (χ4v) is 4.83. The lowest BCUT2D eigenvalue weighted by Crippen LogP contribution is -2.29. The number of carbonyl (C=O) groups is 1. The van der Waals surface area contributed by atoms with E-state index in [0.717, 1.165) is 37.0 Å². The van der Waals surface area contributed by atoms with E-state index in [4.69, 9.17) is 4.74 Å². The highest BCUT2D eigenvalue weighted by Crippen LogP contribution is 2.42. The molecule has 0 N–H and O–H groups in total. The second-order valence-electron chi connectivity index (χ2n) is 8.06. The van der Waals surface area contributed by atoms with Crippen LogP contribution in [0, 0.1) is 23.7 Å². The van der Waals surface area contributed by atoms with Crippen molar-refractivity contribution < 1.29 is 9.53 Å². The molecule has 0 bridgehead atoms. The average molecular weight is 323 g/mol. The van der Waals surface area contributed by atoms with Gasteiger partial charge in [0, 0.05) is 0 Å². The number of esters is 1. The quantitative estimate of drug-likeness (QED) is 0.397. The first-order valence-corrected chi connectivity index (χ1v) is 10.4. The highest BCUT2D eigenvalue weighted by atomic mass is 16.5. The second kappa shape index (κ2) is 10.4. The number of hydrogen-bond donors (Lipinski definition) is 0. The van der Waals surface area contributed by atoms with E-state index in [2.05, 4.69) is 13.8 Å². The van der Waals surface area contributed by atoms with Crippen molar-refractivity contribution in [3.8, 4) is 0 Å². The number of rotatable bonds is 8. The van der Waals surface area contributed by atoms with E-state index in [1.54, 1.807) is 0 Å². The molecule has 2 heteroatoms. The summed E-state index contributed by atoms with van der Waals surface area (Å²) in [6, 6.07) is 0. The first-order chi connectivity index (χ1) is 11.2. The molecule has 0 spiro atoms. The van der Waals surface area contributed by atoms with E-state index in [-0.39, 0.29) is 11.9 Å². The smallest absolute Gasteiger partial charge is 0.308 e. The Morgan fingerprint density at radius 1 is 0.826 bits per heavy atom. The minimum Gasteiger partial charge on any atom is -0.465 e. The third kappa shape index (κ3) is 6.12. The van der Waals surface area contributed by atoms with Crippen LogP contribution in [0.2, 0.25) is 0 Å². The molecule has 0 amide bonds. The van der Waals surface area contributed by atoms with Gasteiger partial charge in [-0.25, -0.2) is 0 Å². The molecule has 0 aromatic carbocycles. The van der Waals surface area contributed by atoms with Gasteiger partial charge in [-0.1, -0.05) is 52.4 Å². The van der Waals surface area contributed by atoms with Gasteiger partial charge < -0.3 is 4.74 Å². The van der Waals surface area contributed by atoms with Crippen molar-refractivity contribution in [1.82, 2.24) is 0 Å². The number of carbonyl (C=O) groups excluding carboxylic acids is 1. The molecule has 0 aromatic rings. The maximum atomic E-state index is 12.1. The van der Waals surface area contributed by atoms with E-state index in [9.17, 15) is 4.79 Å². The van der Waals surface area contributed by atoms with Crippen LogP contribution < -0.4 is 0 Å². The lowest BCUT2D eigenvalue weighted by atomic mass is 9.69. The van der Waals surface area contributed by atoms with E-state index >= 15 is 0 Å². The van der Waals surface area contributed by atoms with Crippen LogP contribution >= 0.6 is 0 Å². The Bertz CT molecular complexity index is 323. The summed E-state index contributed by atoms with van der Waals surface area (Å²) in [6.07, 6.45) is 16.6. The zero-order valence-corrected chi connectivity index (χ0v) is 15.5. The molecular weight excluding hydrogens is 284 g/mol.